The number of anilines is 1. The Labute approximate surface area is 131 Å². The largest absolute Gasteiger partial charge is 0.323 e. The van der Waals surface area contributed by atoms with E-state index in [1.807, 2.05) is 6.20 Å². The van der Waals surface area contributed by atoms with Gasteiger partial charge < -0.3 is 15.5 Å². The van der Waals surface area contributed by atoms with Crippen LogP contribution in [0.15, 0.2) is 6.20 Å². The summed E-state index contributed by atoms with van der Waals surface area (Å²) in [5.41, 5.74) is 0. The van der Waals surface area contributed by atoms with Gasteiger partial charge in [0.15, 0.2) is 5.13 Å². The first-order valence-corrected chi connectivity index (χ1v) is 8.90. The predicted octanol–water partition coefficient (Wildman–Crippen LogP) is 1.72. The van der Waals surface area contributed by atoms with Gasteiger partial charge in [0, 0.05) is 23.4 Å². The maximum absolute atomic E-state index is 11.9. The molecule has 3 rings (SSSR count). The topological polar surface area (TPSA) is 74.3 Å². The van der Waals surface area contributed by atoms with Gasteiger partial charge in [0.05, 0.1) is 0 Å². The van der Waals surface area contributed by atoms with E-state index in [-0.39, 0.29) is 17.7 Å². The highest BCUT2D eigenvalue weighted by Crippen LogP contribution is 2.31. The highest BCUT2D eigenvalue weighted by Gasteiger charge is 2.24. The maximum atomic E-state index is 11.9. The lowest BCUT2D eigenvalue weighted by molar-refractivity contribution is -0.116. The van der Waals surface area contributed by atoms with E-state index in [1.54, 1.807) is 16.2 Å². The molecule has 2 N–H and O–H groups in total. The Morgan fingerprint density at radius 2 is 2.29 bits per heavy atom. The molecular formula is C13H18N4O2S2. The van der Waals surface area contributed by atoms with E-state index < -0.39 is 0 Å². The summed E-state index contributed by atoms with van der Waals surface area (Å²) in [6.07, 6.45) is 4.11. The molecule has 1 aromatic heterocycles. The molecule has 0 aliphatic carbocycles. The van der Waals surface area contributed by atoms with Crippen molar-refractivity contribution in [3.8, 4) is 0 Å². The molecule has 2 amide bonds. The third-order valence-corrected chi connectivity index (χ3v) is 5.66. The molecule has 114 valence electrons. The lowest BCUT2D eigenvalue weighted by atomic mass is 9.97. The van der Waals surface area contributed by atoms with E-state index in [9.17, 15) is 9.59 Å². The summed E-state index contributed by atoms with van der Waals surface area (Å²) in [7, 11) is 0. The van der Waals surface area contributed by atoms with Gasteiger partial charge in [-0.2, -0.15) is 0 Å². The van der Waals surface area contributed by atoms with Crippen LogP contribution in [-0.4, -0.2) is 53.0 Å². The van der Waals surface area contributed by atoms with Gasteiger partial charge in [-0.1, -0.05) is 11.8 Å². The van der Waals surface area contributed by atoms with Crippen LogP contribution in [0, 0.1) is 0 Å². The van der Waals surface area contributed by atoms with E-state index in [0.29, 0.717) is 17.6 Å². The number of hydrogen-bond donors (Lipinski definition) is 2. The fourth-order valence-electron chi connectivity index (χ4n) is 2.54. The molecule has 2 aliphatic rings. The Kier molecular flexibility index (Phi) is 4.77. The molecule has 21 heavy (non-hydrogen) atoms. The monoisotopic (exact) mass is 326 g/mol. The second-order valence-electron chi connectivity index (χ2n) is 5.18. The standard InChI is InChI=1S/C13H18N4O2S2/c18-11(8-17-5-6-20-13(17)19)16-12-15-7-10(21-12)9-1-3-14-4-2-9/h7,9,14H,1-6,8H2,(H,15,16,18). The Balaban J connectivity index is 1.54. The second kappa shape index (κ2) is 6.76. The fourth-order valence-corrected chi connectivity index (χ4v) is 4.37. The molecule has 0 aromatic carbocycles. The van der Waals surface area contributed by atoms with Gasteiger partial charge in [0.25, 0.3) is 5.24 Å². The Morgan fingerprint density at radius 1 is 1.48 bits per heavy atom. The van der Waals surface area contributed by atoms with E-state index in [4.69, 9.17) is 0 Å². The number of piperidine rings is 1. The minimum absolute atomic E-state index is 0.0142. The molecule has 0 saturated carbocycles. The minimum Gasteiger partial charge on any atom is -0.323 e. The van der Waals surface area contributed by atoms with Gasteiger partial charge in [-0.25, -0.2) is 4.98 Å². The Morgan fingerprint density at radius 3 is 3.00 bits per heavy atom. The number of carbonyl (C=O) groups excluding carboxylic acids is 2. The first kappa shape index (κ1) is 14.8. The van der Waals surface area contributed by atoms with Gasteiger partial charge in [-0.05, 0) is 31.8 Å². The molecule has 2 saturated heterocycles. The van der Waals surface area contributed by atoms with Crippen LogP contribution in [0.2, 0.25) is 0 Å². The zero-order valence-electron chi connectivity index (χ0n) is 11.6. The lowest BCUT2D eigenvalue weighted by Crippen LogP contribution is -2.33. The van der Waals surface area contributed by atoms with Crippen molar-refractivity contribution in [3.63, 3.8) is 0 Å². The number of carbonyl (C=O) groups is 2. The average Bonchev–Trinajstić information content (AvgIpc) is 3.10. The van der Waals surface area contributed by atoms with Gasteiger partial charge >= 0.3 is 0 Å². The van der Waals surface area contributed by atoms with Crippen molar-refractivity contribution in [2.24, 2.45) is 0 Å². The third-order valence-electron chi connectivity index (χ3n) is 3.69. The summed E-state index contributed by atoms with van der Waals surface area (Å²) in [4.78, 5) is 30.5. The number of hydrogen-bond acceptors (Lipinski definition) is 6. The molecule has 6 nitrogen and oxygen atoms in total. The van der Waals surface area contributed by atoms with Crippen LogP contribution in [0.1, 0.15) is 23.6 Å². The predicted molar refractivity (Wildman–Crippen MR) is 85.0 cm³/mol. The van der Waals surface area contributed by atoms with Crippen LogP contribution in [0.5, 0.6) is 0 Å². The van der Waals surface area contributed by atoms with E-state index in [1.165, 1.54) is 16.6 Å². The quantitative estimate of drug-likeness (QED) is 0.881. The van der Waals surface area contributed by atoms with Crippen LogP contribution in [0.25, 0.3) is 0 Å². The van der Waals surface area contributed by atoms with Crippen LogP contribution in [0.3, 0.4) is 0 Å². The van der Waals surface area contributed by atoms with Gasteiger partial charge in [-0.15, -0.1) is 11.3 Å². The molecule has 3 heterocycles. The normalized spacial score (nSPS) is 20.0. The van der Waals surface area contributed by atoms with Crippen molar-refractivity contribution < 1.29 is 9.59 Å². The van der Waals surface area contributed by atoms with Crippen molar-refractivity contribution in [1.82, 2.24) is 15.2 Å². The third kappa shape index (κ3) is 3.75. The first-order valence-electron chi connectivity index (χ1n) is 7.10. The molecule has 0 radical (unpaired) electrons. The second-order valence-corrected chi connectivity index (χ2v) is 7.28. The van der Waals surface area contributed by atoms with Crippen molar-refractivity contribution >= 4 is 39.4 Å². The summed E-state index contributed by atoms with van der Waals surface area (Å²) in [5.74, 6) is 1.14. The number of nitrogens with one attached hydrogen (secondary N) is 2. The summed E-state index contributed by atoms with van der Waals surface area (Å²) in [6.45, 7) is 2.85. The van der Waals surface area contributed by atoms with E-state index >= 15 is 0 Å². The molecule has 0 unspecified atom stereocenters. The highest BCUT2D eigenvalue weighted by molar-refractivity contribution is 8.13. The Bertz CT molecular complexity index is 528. The molecule has 0 spiro atoms. The zero-order chi connectivity index (χ0) is 14.7. The van der Waals surface area contributed by atoms with Gasteiger partial charge in [0.2, 0.25) is 5.91 Å². The summed E-state index contributed by atoms with van der Waals surface area (Å²) < 4.78 is 0. The van der Waals surface area contributed by atoms with Crippen molar-refractivity contribution in [1.29, 1.82) is 0 Å². The van der Waals surface area contributed by atoms with Crippen molar-refractivity contribution in [2.75, 3.05) is 37.2 Å². The Hall–Kier alpha value is -1.12. The van der Waals surface area contributed by atoms with Crippen molar-refractivity contribution in [3.05, 3.63) is 11.1 Å². The smallest absolute Gasteiger partial charge is 0.282 e. The summed E-state index contributed by atoms with van der Waals surface area (Å²) in [5, 5.41) is 6.76. The van der Waals surface area contributed by atoms with Crippen LogP contribution < -0.4 is 10.6 Å². The number of thiazole rings is 1. The number of rotatable bonds is 4. The molecule has 2 aliphatic heterocycles. The van der Waals surface area contributed by atoms with Crippen LogP contribution >= 0.6 is 23.1 Å². The van der Waals surface area contributed by atoms with Crippen LogP contribution in [0.4, 0.5) is 9.93 Å². The molecule has 0 atom stereocenters. The van der Waals surface area contributed by atoms with E-state index in [2.05, 4.69) is 15.6 Å². The average molecular weight is 326 g/mol. The molecular weight excluding hydrogens is 308 g/mol. The number of amides is 2. The van der Waals surface area contributed by atoms with Crippen molar-refractivity contribution in [2.45, 2.75) is 18.8 Å². The van der Waals surface area contributed by atoms with Gasteiger partial charge in [0.1, 0.15) is 6.54 Å². The van der Waals surface area contributed by atoms with Crippen LogP contribution in [-0.2, 0) is 4.79 Å². The number of aromatic nitrogens is 1. The molecule has 8 heteroatoms. The fraction of sp³-hybridized carbons (Fsp3) is 0.615. The molecule has 2 fully saturated rings. The molecule has 1 aromatic rings. The van der Waals surface area contributed by atoms with Gasteiger partial charge in [-0.3, -0.25) is 9.59 Å². The molecule has 0 bridgehead atoms. The highest BCUT2D eigenvalue weighted by atomic mass is 32.2. The number of nitrogens with zero attached hydrogens (tertiary/aromatic N) is 2. The maximum Gasteiger partial charge on any atom is 0.282 e. The lowest BCUT2D eigenvalue weighted by Gasteiger charge is -2.20. The number of thioether (sulfide) groups is 1. The zero-order valence-corrected chi connectivity index (χ0v) is 13.3. The SMILES string of the molecule is O=C(CN1CCSC1=O)Nc1ncc(C2CCNCC2)s1. The summed E-state index contributed by atoms with van der Waals surface area (Å²) in [6, 6.07) is 0. The first-order chi connectivity index (χ1) is 10.2. The summed E-state index contributed by atoms with van der Waals surface area (Å²) >= 11 is 2.81. The minimum atomic E-state index is -0.169. The van der Waals surface area contributed by atoms with E-state index in [0.717, 1.165) is 31.7 Å².